The van der Waals surface area contributed by atoms with Gasteiger partial charge in [0, 0.05) is 0 Å². The molecular formula is C7H14O4Si. The van der Waals surface area contributed by atoms with Crippen LogP contribution in [0.25, 0.3) is 0 Å². The van der Waals surface area contributed by atoms with Gasteiger partial charge in [-0.3, -0.25) is 9.59 Å². The topological polar surface area (TPSA) is 74.6 Å². The highest BCUT2D eigenvalue weighted by atomic mass is 28.3. The Morgan fingerprint density at radius 3 is 1.75 bits per heavy atom. The molecule has 0 aromatic carbocycles. The first-order valence-corrected chi connectivity index (χ1v) is 7.27. The molecule has 0 aliphatic carbocycles. The lowest BCUT2D eigenvalue weighted by Crippen LogP contribution is -2.35. The second kappa shape index (κ2) is 3.71. The van der Waals surface area contributed by atoms with Gasteiger partial charge in [0.1, 0.15) is 0 Å². The summed E-state index contributed by atoms with van der Waals surface area (Å²) in [4.78, 5) is 21.0. The van der Waals surface area contributed by atoms with Gasteiger partial charge in [-0.2, -0.15) is 0 Å². The zero-order valence-corrected chi connectivity index (χ0v) is 8.50. The number of carboxylic acids is 2. The molecular weight excluding hydrogens is 176 g/mol. The fourth-order valence-electron chi connectivity index (χ4n) is 0.939. The molecule has 2 N–H and O–H groups in total. The molecule has 5 heteroatoms. The molecule has 0 saturated heterocycles. The number of hydrogen-bond donors (Lipinski definition) is 2. The van der Waals surface area contributed by atoms with Crippen LogP contribution in [0.5, 0.6) is 0 Å². The van der Waals surface area contributed by atoms with E-state index in [0.717, 1.165) is 0 Å². The lowest BCUT2D eigenvalue weighted by atomic mass is 10.3. The van der Waals surface area contributed by atoms with Gasteiger partial charge in [0.05, 0.1) is 20.0 Å². The summed E-state index contributed by atoms with van der Waals surface area (Å²) in [7, 11) is -1.89. The van der Waals surface area contributed by atoms with Crippen molar-refractivity contribution in [3.05, 3.63) is 0 Å². The summed E-state index contributed by atoms with van der Waals surface area (Å²) in [6.45, 7) is 5.57. The summed E-state index contributed by atoms with van der Waals surface area (Å²) in [6.07, 6.45) is -0.259. The van der Waals surface area contributed by atoms with E-state index in [1.54, 1.807) is 0 Å². The van der Waals surface area contributed by atoms with Crippen LogP contribution in [0.1, 0.15) is 6.42 Å². The lowest BCUT2D eigenvalue weighted by molar-refractivity contribution is -0.143. The van der Waals surface area contributed by atoms with E-state index in [-0.39, 0.29) is 6.42 Å². The van der Waals surface area contributed by atoms with Crippen molar-refractivity contribution in [1.82, 2.24) is 0 Å². The molecule has 70 valence electrons. The first-order valence-electron chi connectivity index (χ1n) is 3.69. The molecule has 0 unspecified atom stereocenters. The standard InChI is InChI=1S/C7H14O4Si/c1-12(2,3)5(7(10)11)4-6(8)9/h5H,4H2,1-3H3,(H,8,9)(H,10,11)/t5-/m0/s1. The van der Waals surface area contributed by atoms with E-state index in [4.69, 9.17) is 10.2 Å². The largest absolute Gasteiger partial charge is 0.481 e. The van der Waals surface area contributed by atoms with Gasteiger partial charge in [0.25, 0.3) is 0 Å². The quantitative estimate of drug-likeness (QED) is 0.654. The van der Waals surface area contributed by atoms with Crippen molar-refractivity contribution in [2.75, 3.05) is 0 Å². The SMILES string of the molecule is C[Si](C)(C)[C@@H](CC(=O)O)C(=O)O. The Balaban J connectivity index is 4.46. The van der Waals surface area contributed by atoms with Crippen LogP contribution in [0.4, 0.5) is 0 Å². The van der Waals surface area contributed by atoms with Gasteiger partial charge in [0.2, 0.25) is 0 Å². The van der Waals surface area contributed by atoms with Gasteiger partial charge in [-0.15, -0.1) is 0 Å². The third-order valence-electron chi connectivity index (χ3n) is 1.72. The Morgan fingerprint density at radius 1 is 1.25 bits per heavy atom. The van der Waals surface area contributed by atoms with E-state index in [0.29, 0.717) is 0 Å². The van der Waals surface area contributed by atoms with Crippen molar-refractivity contribution in [1.29, 1.82) is 0 Å². The van der Waals surface area contributed by atoms with E-state index >= 15 is 0 Å². The lowest BCUT2D eigenvalue weighted by Gasteiger charge is -2.23. The highest BCUT2D eigenvalue weighted by Gasteiger charge is 2.34. The Labute approximate surface area is 72.2 Å². The van der Waals surface area contributed by atoms with E-state index in [1.807, 2.05) is 19.6 Å². The van der Waals surface area contributed by atoms with Crippen LogP contribution in [0.3, 0.4) is 0 Å². The maximum absolute atomic E-state index is 10.7. The molecule has 0 bridgehead atoms. The zero-order chi connectivity index (χ0) is 9.94. The van der Waals surface area contributed by atoms with Crippen LogP contribution in [-0.4, -0.2) is 30.2 Å². The molecule has 0 radical (unpaired) electrons. The predicted molar refractivity (Wildman–Crippen MR) is 47.0 cm³/mol. The maximum atomic E-state index is 10.7. The Morgan fingerprint density at radius 2 is 1.67 bits per heavy atom. The second-order valence-corrected chi connectivity index (χ2v) is 9.28. The van der Waals surface area contributed by atoms with Crippen molar-refractivity contribution >= 4 is 20.0 Å². The Kier molecular flexibility index (Phi) is 3.45. The minimum Gasteiger partial charge on any atom is -0.481 e. The molecule has 4 nitrogen and oxygen atoms in total. The number of rotatable bonds is 4. The van der Waals surface area contributed by atoms with Crippen molar-refractivity contribution in [3.63, 3.8) is 0 Å². The normalized spacial score (nSPS) is 13.9. The smallest absolute Gasteiger partial charge is 0.304 e. The maximum Gasteiger partial charge on any atom is 0.304 e. The van der Waals surface area contributed by atoms with Crippen LogP contribution in [0.15, 0.2) is 0 Å². The number of hydrogen-bond acceptors (Lipinski definition) is 2. The molecule has 0 aromatic heterocycles. The third kappa shape index (κ3) is 3.52. The average Bonchev–Trinajstić information content (AvgIpc) is 1.79. The molecule has 0 heterocycles. The molecule has 0 amide bonds. The molecule has 0 aliphatic rings. The van der Waals surface area contributed by atoms with Gasteiger partial charge in [-0.1, -0.05) is 19.6 Å². The first-order chi connectivity index (χ1) is 5.25. The van der Waals surface area contributed by atoms with Gasteiger partial charge < -0.3 is 10.2 Å². The van der Waals surface area contributed by atoms with Crippen LogP contribution in [0.2, 0.25) is 25.2 Å². The highest BCUT2D eigenvalue weighted by Crippen LogP contribution is 2.25. The summed E-state index contributed by atoms with van der Waals surface area (Å²) < 4.78 is 0. The monoisotopic (exact) mass is 190 g/mol. The van der Waals surface area contributed by atoms with Crippen molar-refractivity contribution in [3.8, 4) is 0 Å². The fourth-order valence-corrected chi connectivity index (χ4v) is 2.47. The average molecular weight is 190 g/mol. The minimum atomic E-state index is -1.89. The van der Waals surface area contributed by atoms with Crippen LogP contribution < -0.4 is 0 Å². The Bertz CT molecular complexity index is 194. The van der Waals surface area contributed by atoms with Crippen LogP contribution in [-0.2, 0) is 9.59 Å². The van der Waals surface area contributed by atoms with Gasteiger partial charge in [-0.05, 0) is 0 Å². The summed E-state index contributed by atoms with van der Waals surface area (Å²) in [5, 5.41) is 17.2. The van der Waals surface area contributed by atoms with Crippen molar-refractivity contribution < 1.29 is 19.8 Å². The highest BCUT2D eigenvalue weighted by molar-refractivity contribution is 6.80. The number of aliphatic carboxylic acids is 2. The first kappa shape index (κ1) is 11.2. The molecule has 1 atom stereocenters. The van der Waals surface area contributed by atoms with E-state index in [9.17, 15) is 9.59 Å². The molecule has 0 rings (SSSR count). The fraction of sp³-hybridized carbons (Fsp3) is 0.714. The minimum absolute atomic E-state index is 0.259. The summed E-state index contributed by atoms with van der Waals surface area (Å²) in [6, 6.07) is 0. The molecule has 0 aliphatic heterocycles. The zero-order valence-electron chi connectivity index (χ0n) is 7.50. The predicted octanol–water partition coefficient (Wildman–Crippen LogP) is 1.25. The van der Waals surface area contributed by atoms with Crippen LogP contribution in [0, 0.1) is 0 Å². The summed E-state index contributed by atoms with van der Waals surface area (Å²) >= 11 is 0. The van der Waals surface area contributed by atoms with Crippen molar-refractivity contribution in [2.24, 2.45) is 0 Å². The van der Waals surface area contributed by atoms with Crippen LogP contribution >= 0.6 is 0 Å². The Hall–Kier alpha value is -0.843. The van der Waals surface area contributed by atoms with E-state index in [2.05, 4.69) is 0 Å². The molecule has 0 spiro atoms. The van der Waals surface area contributed by atoms with Gasteiger partial charge in [0.15, 0.2) is 0 Å². The summed E-state index contributed by atoms with van der Waals surface area (Å²) in [5.41, 5.74) is -0.685. The van der Waals surface area contributed by atoms with Gasteiger partial charge >= 0.3 is 11.9 Å². The number of carbonyl (C=O) groups is 2. The third-order valence-corrected chi connectivity index (χ3v) is 4.26. The second-order valence-electron chi connectivity index (χ2n) is 3.85. The van der Waals surface area contributed by atoms with E-state index in [1.165, 1.54) is 0 Å². The molecule has 0 saturated carbocycles. The molecule has 0 aromatic rings. The molecule has 0 fully saturated rings. The summed E-state index contributed by atoms with van der Waals surface area (Å²) in [5.74, 6) is -2.03. The van der Waals surface area contributed by atoms with Gasteiger partial charge in [-0.25, -0.2) is 0 Å². The number of carboxylic acid groups (broad SMARTS) is 2. The van der Waals surface area contributed by atoms with E-state index < -0.39 is 25.6 Å². The van der Waals surface area contributed by atoms with Crippen molar-refractivity contribution in [2.45, 2.75) is 31.6 Å². The molecule has 12 heavy (non-hydrogen) atoms.